The number of hydrogen-bond acceptors (Lipinski definition) is 6. The van der Waals surface area contributed by atoms with Crippen molar-refractivity contribution in [2.75, 3.05) is 0 Å². The number of hydrogen-bond donors (Lipinski definition) is 0. The molecule has 132 valence electrons. The Labute approximate surface area is 145 Å². The van der Waals surface area contributed by atoms with E-state index >= 15 is 0 Å². The maximum atomic E-state index is 12.6. The van der Waals surface area contributed by atoms with Crippen molar-refractivity contribution in [1.29, 1.82) is 5.26 Å². The summed E-state index contributed by atoms with van der Waals surface area (Å²) in [6, 6.07) is 7.09. The second-order valence-electron chi connectivity index (χ2n) is 7.41. The van der Waals surface area contributed by atoms with Gasteiger partial charge >= 0.3 is 0 Å². The van der Waals surface area contributed by atoms with Gasteiger partial charge in [-0.15, -0.1) is 0 Å². The van der Waals surface area contributed by atoms with Crippen molar-refractivity contribution >= 4 is 15.8 Å². The first kappa shape index (κ1) is 16.5. The van der Waals surface area contributed by atoms with Crippen LogP contribution in [0.3, 0.4) is 0 Å². The van der Waals surface area contributed by atoms with Crippen molar-refractivity contribution in [2.24, 2.45) is 29.6 Å². The lowest BCUT2D eigenvalue weighted by Gasteiger charge is -2.55. The van der Waals surface area contributed by atoms with Gasteiger partial charge in [0.2, 0.25) is 0 Å². The lowest BCUT2D eigenvalue weighted by molar-refractivity contribution is -0.384. The molecular formula is C17H18N2O5S. The van der Waals surface area contributed by atoms with Crippen LogP contribution in [-0.4, -0.2) is 19.4 Å². The van der Waals surface area contributed by atoms with Gasteiger partial charge in [-0.05, 0) is 55.6 Å². The van der Waals surface area contributed by atoms with Crippen molar-refractivity contribution in [3.8, 4) is 6.07 Å². The second-order valence-corrected chi connectivity index (χ2v) is 8.99. The first-order chi connectivity index (χ1) is 11.9. The molecule has 0 unspecified atom stereocenters. The van der Waals surface area contributed by atoms with Crippen LogP contribution in [0.2, 0.25) is 0 Å². The van der Waals surface area contributed by atoms with Gasteiger partial charge in [0.25, 0.3) is 15.8 Å². The van der Waals surface area contributed by atoms with Crippen LogP contribution < -0.4 is 0 Å². The molecular weight excluding hydrogens is 344 g/mol. The first-order valence-corrected chi connectivity index (χ1v) is 9.87. The van der Waals surface area contributed by atoms with E-state index in [4.69, 9.17) is 4.18 Å². The lowest BCUT2D eigenvalue weighted by atomic mass is 9.51. The summed E-state index contributed by atoms with van der Waals surface area (Å²) >= 11 is 0. The molecule has 0 amide bonds. The number of non-ortho nitro benzene ring substituents is 1. The standard InChI is InChI=1S/C17H18N2O5S/c18-9-16-11-5-10-6-12(8-11)17(15(16)7-10)24-25(22,23)14-3-1-13(2-4-14)19(20)21/h1-4,10-12,15-17H,5-8H2/t10-,11-,12+,15-,16+,17-/m1/s1. The molecule has 0 N–H and O–H groups in total. The molecule has 4 aliphatic carbocycles. The van der Waals surface area contributed by atoms with Crippen molar-refractivity contribution < 1.29 is 17.5 Å². The highest BCUT2D eigenvalue weighted by atomic mass is 32.2. The molecule has 5 rings (SSSR count). The summed E-state index contributed by atoms with van der Waals surface area (Å²) in [7, 11) is -4.01. The van der Waals surface area contributed by atoms with E-state index in [2.05, 4.69) is 6.07 Å². The van der Waals surface area contributed by atoms with E-state index in [1.807, 2.05) is 0 Å². The van der Waals surface area contributed by atoms with Crippen molar-refractivity contribution in [2.45, 2.75) is 36.7 Å². The number of rotatable bonds is 4. The zero-order valence-corrected chi connectivity index (χ0v) is 14.3. The number of nitrogens with zero attached hydrogens (tertiary/aromatic N) is 2. The molecule has 0 spiro atoms. The minimum Gasteiger partial charge on any atom is -0.262 e. The van der Waals surface area contributed by atoms with Gasteiger partial charge in [-0.3, -0.25) is 14.3 Å². The Balaban J connectivity index is 1.58. The monoisotopic (exact) mass is 362 g/mol. The molecule has 25 heavy (non-hydrogen) atoms. The van der Waals surface area contributed by atoms with Crippen LogP contribution in [0.15, 0.2) is 29.2 Å². The molecule has 8 heteroatoms. The summed E-state index contributed by atoms with van der Waals surface area (Å²) in [5.74, 6) is 0.966. The van der Waals surface area contributed by atoms with Crippen molar-refractivity contribution in [1.82, 2.24) is 0 Å². The SMILES string of the molecule is N#C[C@H]1[C@@H]2C[C@@H]3C[C@@H](C2)[C@@H](OS(=O)(=O)c2ccc([N+](=O)[O-])cc2)[C@@H]1C3. The molecule has 0 radical (unpaired) electrons. The number of nitro groups is 1. The summed E-state index contributed by atoms with van der Waals surface area (Å²) in [4.78, 5) is 10.0. The van der Waals surface area contributed by atoms with E-state index in [0.717, 1.165) is 37.8 Å². The average molecular weight is 362 g/mol. The normalized spacial score (nSPS) is 36.1. The molecule has 4 saturated carbocycles. The molecule has 0 aromatic heterocycles. The predicted molar refractivity (Wildman–Crippen MR) is 86.7 cm³/mol. The van der Waals surface area contributed by atoms with E-state index in [0.29, 0.717) is 11.8 Å². The molecule has 4 aliphatic rings. The Kier molecular flexibility index (Phi) is 3.81. The maximum Gasteiger partial charge on any atom is 0.297 e. The zero-order valence-electron chi connectivity index (χ0n) is 13.4. The van der Waals surface area contributed by atoms with Crippen LogP contribution in [0.4, 0.5) is 5.69 Å². The summed E-state index contributed by atoms with van der Waals surface area (Å²) in [6.07, 6.45) is 3.29. The van der Waals surface area contributed by atoms with E-state index < -0.39 is 21.1 Å². The van der Waals surface area contributed by atoms with Crippen LogP contribution >= 0.6 is 0 Å². The fourth-order valence-corrected chi connectivity index (χ4v) is 6.32. The third kappa shape index (κ3) is 2.71. The van der Waals surface area contributed by atoms with E-state index in [-0.39, 0.29) is 28.3 Å². The number of nitriles is 1. The Morgan fingerprint density at radius 1 is 1.12 bits per heavy atom. The minimum atomic E-state index is -4.01. The van der Waals surface area contributed by atoms with E-state index in [1.54, 1.807) is 0 Å². The molecule has 0 aliphatic heterocycles. The quantitative estimate of drug-likeness (QED) is 0.463. The fourth-order valence-electron chi connectivity index (χ4n) is 5.14. The molecule has 1 aromatic rings. The Bertz CT molecular complexity index is 845. The van der Waals surface area contributed by atoms with Gasteiger partial charge in [-0.25, -0.2) is 0 Å². The minimum absolute atomic E-state index is 0.0333. The van der Waals surface area contributed by atoms with Crippen molar-refractivity contribution in [3.63, 3.8) is 0 Å². The van der Waals surface area contributed by atoms with E-state index in [1.165, 1.54) is 12.1 Å². The van der Waals surface area contributed by atoms with Crippen LogP contribution in [0.25, 0.3) is 0 Å². The Hall–Kier alpha value is -1.98. The predicted octanol–water partition coefficient (Wildman–Crippen LogP) is 2.87. The van der Waals surface area contributed by atoms with Crippen LogP contribution in [-0.2, 0) is 14.3 Å². The second kappa shape index (κ2) is 5.78. The zero-order chi connectivity index (χ0) is 17.8. The maximum absolute atomic E-state index is 12.6. The summed E-state index contributed by atoms with van der Waals surface area (Å²) in [5.41, 5.74) is -0.168. The van der Waals surface area contributed by atoms with Gasteiger partial charge in [-0.1, -0.05) is 0 Å². The third-order valence-electron chi connectivity index (χ3n) is 6.06. The summed E-state index contributed by atoms with van der Waals surface area (Å²) in [6.45, 7) is 0. The number of benzene rings is 1. The molecule has 6 atom stereocenters. The molecule has 0 saturated heterocycles. The van der Waals surface area contributed by atoms with Crippen molar-refractivity contribution in [3.05, 3.63) is 34.4 Å². The third-order valence-corrected chi connectivity index (χ3v) is 7.39. The fraction of sp³-hybridized carbons (Fsp3) is 0.588. The smallest absolute Gasteiger partial charge is 0.262 e. The van der Waals surface area contributed by atoms with Gasteiger partial charge in [0.15, 0.2) is 0 Å². The van der Waals surface area contributed by atoms with Crippen LogP contribution in [0, 0.1) is 51.0 Å². The highest BCUT2D eigenvalue weighted by molar-refractivity contribution is 7.86. The van der Waals surface area contributed by atoms with Gasteiger partial charge < -0.3 is 0 Å². The molecule has 4 fully saturated rings. The molecule has 0 heterocycles. The van der Waals surface area contributed by atoms with Gasteiger partial charge in [-0.2, -0.15) is 13.7 Å². The number of nitro benzene ring substituents is 1. The van der Waals surface area contributed by atoms with Crippen LogP contribution in [0.1, 0.15) is 25.7 Å². The Morgan fingerprint density at radius 3 is 2.44 bits per heavy atom. The first-order valence-electron chi connectivity index (χ1n) is 8.46. The van der Waals surface area contributed by atoms with Gasteiger partial charge in [0.05, 0.1) is 27.9 Å². The highest BCUT2D eigenvalue weighted by Crippen LogP contribution is 2.57. The molecule has 4 bridgehead atoms. The van der Waals surface area contributed by atoms with Gasteiger partial charge in [0, 0.05) is 18.1 Å². The molecule has 1 aromatic carbocycles. The Morgan fingerprint density at radius 2 is 1.80 bits per heavy atom. The summed E-state index contributed by atoms with van der Waals surface area (Å²) in [5, 5.41) is 20.2. The average Bonchev–Trinajstić information content (AvgIpc) is 2.58. The molecule has 7 nitrogen and oxygen atoms in total. The van der Waals surface area contributed by atoms with Gasteiger partial charge in [0.1, 0.15) is 0 Å². The van der Waals surface area contributed by atoms with Crippen LogP contribution in [0.5, 0.6) is 0 Å². The lowest BCUT2D eigenvalue weighted by Crippen LogP contribution is -2.54. The topological polar surface area (TPSA) is 110 Å². The van der Waals surface area contributed by atoms with E-state index in [9.17, 15) is 23.8 Å². The largest absolute Gasteiger partial charge is 0.297 e. The summed E-state index contributed by atoms with van der Waals surface area (Å²) < 4.78 is 30.8. The highest BCUT2D eigenvalue weighted by Gasteiger charge is 2.55.